The first-order chi connectivity index (χ1) is 17.2. The van der Waals surface area contributed by atoms with E-state index in [2.05, 4.69) is 83.1 Å². The number of hydrogen-bond acceptors (Lipinski definition) is 5. The molecule has 0 saturated heterocycles. The first-order valence-corrected chi connectivity index (χ1v) is 11.9. The van der Waals surface area contributed by atoms with Crippen molar-refractivity contribution in [2.45, 2.75) is 25.9 Å². The summed E-state index contributed by atoms with van der Waals surface area (Å²) in [6, 6.07) is 26.7. The van der Waals surface area contributed by atoms with Crippen LogP contribution < -0.4 is 4.90 Å². The third kappa shape index (κ3) is 3.99. The van der Waals surface area contributed by atoms with Crippen LogP contribution in [0, 0.1) is 6.92 Å². The standard InChI is InChI=1S/C28H26N6O/c1-20-11-13-23(14-12-20)25-17-26(22-8-3-2-4-9-22)34-28(29-30-31-34)33(25)19-27(35)32-16-15-21-7-5-6-10-24(21)18-32/h2-14,17,26H,15-16,18-19H2,1H3/t26-/m1/s1. The molecule has 0 saturated carbocycles. The van der Waals surface area contributed by atoms with Gasteiger partial charge in [-0.1, -0.05) is 89.5 Å². The number of anilines is 1. The van der Waals surface area contributed by atoms with E-state index >= 15 is 0 Å². The van der Waals surface area contributed by atoms with Crippen LogP contribution in [-0.4, -0.2) is 44.1 Å². The zero-order valence-corrected chi connectivity index (χ0v) is 19.6. The van der Waals surface area contributed by atoms with Gasteiger partial charge in [0.15, 0.2) is 0 Å². The number of carbonyl (C=O) groups excluding carboxylic acids is 1. The highest BCUT2D eigenvalue weighted by molar-refractivity contribution is 5.89. The Morgan fingerprint density at radius 2 is 1.69 bits per heavy atom. The normalized spacial score (nSPS) is 16.9. The highest BCUT2D eigenvalue weighted by Gasteiger charge is 2.33. The molecular weight excluding hydrogens is 436 g/mol. The summed E-state index contributed by atoms with van der Waals surface area (Å²) in [6.07, 6.45) is 3.03. The van der Waals surface area contributed by atoms with Crippen LogP contribution >= 0.6 is 0 Å². The molecule has 1 aromatic heterocycles. The summed E-state index contributed by atoms with van der Waals surface area (Å²) in [6.45, 7) is 3.58. The zero-order chi connectivity index (χ0) is 23.8. The molecule has 0 N–H and O–H groups in total. The summed E-state index contributed by atoms with van der Waals surface area (Å²) in [5.74, 6) is 0.632. The summed E-state index contributed by atoms with van der Waals surface area (Å²) < 4.78 is 1.80. The summed E-state index contributed by atoms with van der Waals surface area (Å²) in [7, 11) is 0. The quantitative estimate of drug-likeness (QED) is 0.458. The van der Waals surface area contributed by atoms with Crippen molar-refractivity contribution in [2.24, 2.45) is 0 Å². The van der Waals surface area contributed by atoms with Crippen LogP contribution in [0.4, 0.5) is 5.95 Å². The summed E-state index contributed by atoms with van der Waals surface area (Å²) in [5.41, 5.74) is 6.78. The lowest BCUT2D eigenvalue weighted by Gasteiger charge is -2.35. The Morgan fingerprint density at radius 3 is 2.49 bits per heavy atom. The third-order valence-electron chi connectivity index (χ3n) is 6.85. The van der Waals surface area contributed by atoms with Gasteiger partial charge in [-0.3, -0.25) is 9.69 Å². The van der Waals surface area contributed by atoms with Crippen molar-refractivity contribution in [3.8, 4) is 0 Å². The molecule has 0 aliphatic carbocycles. The van der Waals surface area contributed by atoms with E-state index in [0.717, 1.165) is 23.2 Å². The Hall–Kier alpha value is -4.26. The number of aryl methyl sites for hydroxylation is 1. The van der Waals surface area contributed by atoms with Gasteiger partial charge in [0.1, 0.15) is 12.6 Å². The maximum Gasteiger partial charge on any atom is 0.251 e. The first-order valence-electron chi connectivity index (χ1n) is 11.9. The van der Waals surface area contributed by atoms with Gasteiger partial charge in [-0.05, 0) is 52.1 Å². The van der Waals surface area contributed by atoms with E-state index in [1.54, 1.807) is 4.68 Å². The number of amides is 1. The lowest BCUT2D eigenvalue weighted by molar-refractivity contribution is -0.130. The van der Waals surface area contributed by atoms with Crippen LogP contribution in [-0.2, 0) is 17.8 Å². The molecule has 2 aliphatic heterocycles. The predicted octanol–water partition coefficient (Wildman–Crippen LogP) is 4.02. The second-order valence-electron chi connectivity index (χ2n) is 9.12. The van der Waals surface area contributed by atoms with Crippen molar-refractivity contribution >= 4 is 17.6 Å². The first kappa shape index (κ1) is 21.3. The van der Waals surface area contributed by atoms with Crippen molar-refractivity contribution in [3.63, 3.8) is 0 Å². The van der Waals surface area contributed by atoms with Crippen LogP contribution in [0.1, 0.15) is 33.9 Å². The Bertz CT molecular complexity index is 1390. The van der Waals surface area contributed by atoms with Crippen LogP contribution in [0.5, 0.6) is 0 Å². The predicted molar refractivity (Wildman–Crippen MR) is 134 cm³/mol. The SMILES string of the molecule is Cc1ccc(C2=C[C@H](c3ccccc3)n3nnnc3N2CC(=O)N2CCc3ccccc3C2)cc1. The van der Waals surface area contributed by atoms with Gasteiger partial charge in [-0.2, -0.15) is 4.68 Å². The molecule has 35 heavy (non-hydrogen) atoms. The van der Waals surface area contributed by atoms with Crippen molar-refractivity contribution in [3.05, 3.63) is 113 Å². The van der Waals surface area contributed by atoms with E-state index < -0.39 is 0 Å². The number of aromatic nitrogens is 4. The molecule has 2 aliphatic rings. The number of fused-ring (bicyclic) bond motifs is 2. The highest BCUT2D eigenvalue weighted by atomic mass is 16.2. The molecule has 174 valence electrons. The smallest absolute Gasteiger partial charge is 0.251 e. The Labute approximate surface area is 204 Å². The molecule has 6 rings (SSSR count). The Kier molecular flexibility index (Phi) is 5.37. The third-order valence-corrected chi connectivity index (χ3v) is 6.85. The van der Waals surface area contributed by atoms with E-state index in [9.17, 15) is 4.79 Å². The number of allylic oxidation sites excluding steroid dienone is 1. The molecule has 0 bridgehead atoms. The molecule has 1 amide bonds. The Balaban J connectivity index is 1.37. The number of benzene rings is 3. The van der Waals surface area contributed by atoms with Crippen LogP contribution in [0.25, 0.3) is 5.70 Å². The summed E-state index contributed by atoms with van der Waals surface area (Å²) >= 11 is 0. The van der Waals surface area contributed by atoms with Gasteiger partial charge in [0.2, 0.25) is 5.91 Å². The van der Waals surface area contributed by atoms with Gasteiger partial charge in [-0.15, -0.1) is 0 Å². The van der Waals surface area contributed by atoms with Gasteiger partial charge in [0.25, 0.3) is 5.95 Å². The minimum atomic E-state index is -0.161. The fourth-order valence-electron chi connectivity index (χ4n) is 4.93. The van der Waals surface area contributed by atoms with Gasteiger partial charge < -0.3 is 4.90 Å². The molecule has 0 spiro atoms. The number of hydrogen-bond donors (Lipinski definition) is 0. The largest absolute Gasteiger partial charge is 0.336 e. The average Bonchev–Trinajstić information content (AvgIpc) is 3.40. The van der Waals surface area contributed by atoms with Gasteiger partial charge in [0.05, 0.1) is 5.70 Å². The number of carbonyl (C=O) groups is 1. The highest BCUT2D eigenvalue weighted by Crippen LogP contribution is 2.36. The summed E-state index contributed by atoms with van der Waals surface area (Å²) in [5, 5.41) is 12.6. The van der Waals surface area contributed by atoms with Crippen LogP contribution in [0.15, 0.2) is 84.9 Å². The van der Waals surface area contributed by atoms with E-state index in [-0.39, 0.29) is 18.5 Å². The second-order valence-corrected chi connectivity index (χ2v) is 9.12. The van der Waals surface area contributed by atoms with Crippen molar-refractivity contribution in [2.75, 3.05) is 18.0 Å². The molecule has 3 aromatic carbocycles. The molecule has 3 heterocycles. The van der Waals surface area contributed by atoms with Crippen LogP contribution in [0.3, 0.4) is 0 Å². The van der Waals surface area contributed by atoms with E-state index in [1.807, 2.05) is 34.1 Å². The molecular formula is C28H26N6O. The maximum atomic E-state index is 13.6. The second kappa shape index (κ2) is 8.83. The van der Waals surface area contributed by atoms with Gasteiger partial charge in [-0.25, -0.2) is 0 Å². The number of rotatable bonds is 4. The fourth-order valence-corrected chi connectivity index (χ4v) is 4.93. The topological polar surface area (TPSA) is 67.2 Å². The molecule has 7 nitrogen and oxygen atoms in total. The lowest BCUT2D eigenvalue weighted by atomic mass is 9.99. The number of tetrazole rings is 1. The van der Waals surface area contributed by atoms with Gasteiger partial charge >= 0.3 is 0 Å². The van der Waals surface area contributed by atoms with Crippen molar-refractivity contribution in [1.29, 1.82) is 0 Å². The average molecular weight is 463 g/mol. The Morgan fingerprint density at radius 1 is 0.943 bits per heavy atom. The monoisotopic (exact) mass is 462 g/mol. The zero-order valence-electron chi connectivity index (χ0n) is 19.6. The lowest BCUT2D eigenvalue weighted by Crippen LogP contribution is -2.44. The minimum Gasteiger partial charge on any atom is -0.336 e. The van der Waals surface area contributed by atoms with Gasteiger partial charge in [0, 0.05) is 13.1 Å². The van der Waals surface area contributed by atoms with Crippen molar-refractivity contribution < 1.29 is 4.79 Å². The van der Waals surface area contributed by atoms with E-state index in [0.29, 0.717) is 19.0 Å². The molecule has 0 fully saturated rings. The molecule has 0 unspecified atom stereocenters. The minimum absolute atomic E-state index is 0.0604. The summed E-state index contributed by atoms with van der Waals surface area (Å²) in [4.78, 5) is 17.5. The van der Waals surface area contributed by atoms with E-state index in [4.69, 9.17) is 0 Å². The maximum absolute atomic E-state index is 13.6. The molecule has 0 radical (unpaired) electrons. The fraction of sp³-hybridized carbons (Fsp3) is 0.214. The van der Waals surface area contributed by atoms with Crippen LogP contribution in [0.2, 0.25) is 0 Å². The molecule has 1 atom stereocenters. The van der Waals surface area contributed by atoms with Crippen molar-refractivity contribution in [1.82, 2.24) is 25.1 Å². The van der Waals surface area contributed by atoms with E-state index in [1.165, 1.54) is 16.7 Å². The number of nitrogens with zero attached hydrogens (tertiary/aromatic N) is 6. The molecule has 4 aromatic rings. The molecule has 7 heteroatoms.